The molecule has 0 spiro atoms. The molecule has 0 fully saturated rings. The van der Waals surface area contributed by atoms with Gasteiger partial charge in [-0.25, -0.2) is 4.39 Å². The van der Waals surface area contributed by atoms with Gasteiger partial charge in [-0.05, 0) is 55.6 Å². The van der Waals surface area contributed by atoms with Crippen molar-refractivity contribution in [3.05, 3.63) is 30.1 Å². The number of halogens is 1. The number of nitrogens with two attached hydrogens (primary N) is 1. The van der Waals surface area contributed by atoms with E-state index in [1.807, 2.05) is 0 Å². The average Bonchev–Trinajstić information content (AvgIpc) is 2.45. The number of rotatable bonds is 10. The van der Waals surface area contributed by atoms with Crippen LogP contribution in [0.4, 0.5) is 4.39 Å². The average molecular weight is 296 g/mol. The van der Waals surface area contributed by atoms with E-state index in [2.05, 4.69) is 25.7 Å². The van der Waals surface area contributed by atoms with Crippen molar-refractivity contribution in [3.63, 3.8) is 0 Å². The Morgan fingerprint density at radius 3 is 2.43 bits per heavy atom. The van der Waals surface area contributed by atoms with Crippen LogP contribution in [-0.2, 0) is 0 Å². The maximum atomic E-state index is 12.8. The third-order valence-electron chi connectivity index (χ3n) is 3.45. The second kappa shape index (κ2) is 9.00. The first-order valence-corrected chi connectivity index (χ1v) is 7.77. The van der Waals surface area contributed by atoms with Crippen molar-refractivity contribution in [2.45, 2.75) is 33.6 Å². The molecule has 0 aliphatic heterocycles. The summed E-state index contributed by atoms with van der Waals surface area (Å²) >= 11 is 0. The molecule has 0 bridgehead atoms. The van der Waals surface area contributed by atoms with Crippen LogP contribution in [0.15, 0.2) is 24.3 Å². The van der Waals surface area contributed by atoms with Gasteiger partial charge in [-0.1, -0.05) is 20.8 Å². The van der Waals surface area contributed by atoms with Gasteiger partial charge in [0, 0.05) is 13.1 Å². The highest BCUT2D eigenvalue weighted by Crippen LogP contribution is 2.16. The normalized spacial score (nSPS) is 11.9. The molecule has 1 aromatic carbocycles. The Bertz CT molecular complexity index is 392. The number of nitrogens with zero attached hydrogens (tertiary/aromatic N) is 1. The fraction of sp³-hybridized carbons (Fsp3) is 0.647. The maximum absolute atomic E-state index is 12.8. The van der Waals surface area contributed by atoms with Crippen molar-refractivity contribution >= 4 is 0 Å². The van der Waals surface area contributed by atoms with Crippen LogP contribution in [0.2, 0.25) is 0 Å². The molecule has 21 heavy (non-hydrogen) atoms. The van der Waals surface area contributed by atoms with Gasteiger partial charge in [-0.15, -0.1) is 0 Å². The Kier molecular flexibility index (Phi) is 7.68. The lowest BCUT2D eigenvalue weighted by atomic mass is 9.93. The molecule has 0 aromatic heterocycles. The molecule has 0 amide bonds. The van der Waals surface area contributed by atoms with Gasteiger partial charge in [-0.3, -0.25) is 0 Å². The molecule has 120 valence electrons. The Balaban J connectivity index is 2.31. The van der Waals surface area contributed by atoms with Crippen LogP contribution in [0.25, 0.3) is 0 Å². The van der Waals surface area contributed by atoms with E-state index in [1.54, 1.807) is 12.1 Å². The molecule has 0 aliphatic carbocycles. The quantitative estimate of drug-likeness (QED) is 0.673. The van der Waals surface area contributed by atoms with E-state index < -0.39 is 0 Å². The van der Waals surface area contributed by atoms with Crippen LogP contribution in [0.1, 0.15) is 33.6 Å². The van der Waals surface area contributed by atoms with Gasteiger partial charge in [0.2, 0.25) is 0 Å². The van der Waals surface area contributed by atoms with Crippen molar-refractivity contribution < 1.29 is 9.13 Å². The predicted octanol–water partition coefficient (Wildman–Crippen LogP) is 3.29. The summed E-state index contributed by atoms with van der Waals surface area (Å²) in [5.74, 6) is 0.487. The van der Waals surface area contributed by atoms with Gasteiger partial charge in [0.25, 0.3) is 0 Å². The molecule has 4 heteroatoms. The fourth-order valence-corrected chi connectivity index (χ4v) is 2.27. The molecule has 1 aromatic rings. The highest BCUT2D eigenvalue weighted by atomic mass is 19.1. The molecule has 2 N–H and O–H groups in total. The molecular formula is C17H29FN2O. The second-order valence-electron chi connectivity index (χ2n) is 6.30. The minimum Gasteiger partial charge on any atom is -0.494 e. The van der Waals surface area contributed by atoms with Crippen LogP contribution in [0.5, 0.6) is 5.75 Å². The van der Waals surface area contributed by atoms with Crippen LogP contribution >= 0.6 is 0 Å². The minimum atomic E-state index is -0.236. The Morgan fingerprint density at radius 1 is 1.19 bits per heavy atom. The molecule has 0 heterocycles. The lowest BCUT2D eigenvalue weighted by Gasteiger charge is -2.31. The van der Waals surface area contributed by atoms with Crippen molar-refractivity contribution in [2.75, 3.05) is 32.8 Å². The summed E-state index contributed by atoms with van der Waals surface area (Å²) in [6.07, 6.45) is 2.09. The minimum absolute atomic E-state index is 0.146. The summed E-state index contributed by atoms with van der Waals surface area (Å²) in [4.78, 5) is 2.45. The molecule has 0 unspecified atom stereocenters. The molecule has 3 nitrogen and oxygen atoms in total. The van der Waals surface area contributed by atoms with Crippen molar-refractivity contribution in [2.24, 2.45) is 11.1 Å². The van der Waals surface area contributed by atoms with E-state index in [1.165, 1.54) is 12.1 Å². The fourth-order valence-electron chi connectivity index (χ4n) is 2.27. The molecule has 1 rings (SSSR count). The van der Waals surface area contributed by atoms with Gasteiger partial charge in [0.1, 0.15) is 11.6 Å². The smallest absolute Gasteiger partial charge is 0.123 e. The van der Waals surface area contributed by atoms with Gasteiger partial charge >= 0.3 is 0 Å². The molecule has 0 saturated heterocycles. The van der Waals surface area contributed by atoms with Crippen molar-refractivity contribution in [1.82, 2.24) is 4.90 Å². The summed E-state index contributed by atoms with van der Waals surface area (Å²) in [7, 11) is 0. The molecular weight excluding hydrogens is 267 g/mol. The Labute approximate surface area is 128 Å². The zero-order valence-corrected chi connectivity index (χ0v) is 13.6. The second-order valence-corrected chi connectivity index (χ2v) is 6.30. The van der Waals surface area contributed by atoms with Crippen molar-refractivity contribution in [1.29, 1.82) is 0 Å². The molecule has 0 radical (unpaired) electrons. The van der Waals surface area contributed by atoms with E-state index in [0.717, 1.165) is 38.2 Å². The van der Waals surface area contributed by atoms with Gasteiger partial charge < -0.3 is 15.4 Å². The highest BCUT2D eigenvalue weighted by Gasteiger charge is 2.19. The molecule has 0 saturated carbocycles. The Morgan fingerprint density at radius 2 is 1.86 bits per heavy atom. The maximum Gasteiger partial charge on any atom is 0.123 e. The highest BCUT2D eigenvalue weighted by molar-refractivity contribution is 5.21. The van der Waals surface area contributed by atoms with E-state index in [4.69, 9.17) is 10.5 Å². The number of ether oxygens (including phenoxy) is 1. The van der Waals surface area contributed by atoms with Gasteiger partial charge in [-0.2, -0.15) is 0 Å². The first-order chi connectivity index (χ1) is 9.96. The summed E-state index contributed by atoms with van der Waals surface area (Å²) in [5, 5.41) is 0. The third kappa shape index (κ3) is 7.44. The summed E-state index contributed by atoms with van der Waals surface area (Å²) in [6, 6.07) is 6.17. The van der Waals surface area contributed by atoms with E-state index >= 15 is 0 Å². The van der Waals surface area contributed by atoms with E-state index in [-0.39, 0.29) is 11.2 Å². The first kappa shape index (κ1) is 17.9. The van der Waals surface area contributed by atoms with Crippen LogP contribution in [0.3, 0.4) is 0 Å². The van der Waals surface area contributed by atoms with Crippen LogP contribution in [0, 0.1) is 11.2 Å². The molecule has 0 aliphatic rings. The van der Waals surface area contributed by atoms with Gasteiger partial charge in [0.05, 0.1) is 6.61 Å². The zero-order chi connectivity index (χ0) is 15.7. The molecule has 0 atom stereocenters. The number of hydrogen-bond acceptors (Lipinski definition) is 3. The van der Waals surface area contributed by atoms with Gasteiger partial charge in [0.15, 0.2) is 0 Å². The predicted molar refractivity (Wildman–Crippen MR) is 86.1 cm³/mol. The lowest BCUT2D eigenvalue weighted by Crippen LogP contribution is -2.39. The zero-order valence-electron chi connectivity index (χ0n) is 13.6. The Hall–Kier alpha value is -1.13. The third-order valence-corrected chi connectivity index (χ3v) is 3.45. The van der Waals surface area contributed by atoms with E-state index in [0.29, 0.717) is 13.2 Å². The topological polar surface area (TPSA) is 38.5 Å². The standard InChI is InChI=1S/C17H29FN2O/c1-4-10-20(14-17(2,3)13-19)11-5-12-21-16-8-6-15(18)7-9-16/h6-9H,4-5,10-14,19H2,1-3H3. The van der Waals surface area contributed by atoms with Crippen LogP contribution < -0.4 is 10.5 Å². The SMILES string of the molecule is CCCN(CCCOc1ccc(F)cc1)CC(C)(C)CN. The van der Waals surface area contributed by atoms with E-state index in [9.17, 15) is 4.39 Å². The van der Waals surface area contributed by atoms with Crippen molar-refractivity contribution in [3.8, 4) is 5.75 Å². The lowest BCUT2D eigenvalue weighted by molar-refractivity contribution is 0.170. The first-order valence-electron chi connectivity index (χ1n) is 7.77. The summed E-state index contributed by atoms with van der Waals surface area (Å²) in [5.41, 5.74) is 5.96. The number of benzene rings is 1. The largest absolute Gasteiger partial charge is 0.494 e. The number of hydrogen-bond donors (Lipinski definition) is 1. The monoisotopic (exact) mass is 296 g/mol. The summed E-state index contributed by atoms with van der Waals surface area (Å²) in [6.45, 7) is 11.0. The van der Waals surface area contributed by atoms with Crippen LogP contribution in [-0.4, -0.2) is 37.7 Å². The summed E-state index contributed by atoms with van der Waals surface area (Å²) < 4.78 is 18.4.